The maximum Gasteiger partial charge on any atom is 0.310 e. The summed E-state index contributed by atoms with van der Waals surface area (Å²) in [6, 6.07) is 6.63. The summed E-state index contributed by atoms with van der Waals surface area (Å²) in [7, 11) is -3.70. The SMILES string of the molecule is CC(C)(CNS(=O)(=O)c1ccc(C(C)(C)C)cc1)C(=O)O. The van der Waals surface area contributed by atoms with E-state index >= 15 is 0 Å². The molecular weight excluding hydrogens is 290 g/mol. The molecule has 0 aliphatic carbocycles. The van der Waals surface area contributed by atoms with Crippen molar-refractivity contribution >= 4 is 16.0 Å². The highest BCUT2D eigenvalue weighted by atomic mass is 32.2. The van der Waals surface area contributed by atoms with E-state index in [9.17, 15) is 13.2 Å². The van der Waals surface area contributed by atoms with Gasteiger partial charge >= 0.3 is 5.97 Å². The van der Waals surface area contributed by atoms with Crippen LogP contribution in [-0.2, 0) is 20.2 Å². The van der Waals surface area contributed by atoms with Crippen LogP contribution >= 0.6 is 0 Å². The van der Waals surface area contributed by atoms with Crippen LogP contribution in [0.25, 0.3) is 0 Å². The van der Waals surface area contributed by atoms with E-state index in [4.69, 9.17) is 5.11 Å². The molecule has 0 amide bonds. The summed E-state index contributed by atoms with van der Waals surface area (Å²) >= 11 is 0. The second kappa shape index (κ2) is 5.77. The Bertz CT molecular complexity index is 610. The molecule has 5 nitrogen and oxygen atoms in total. The molecule has 0 bridgehead atoms. The molecule has 1 aromatic rings. The molecule has 0 heterocycles. The van der Waals surface area contributed by atoms with Crippen molar-refractivity contribution in [2.24, 2.45) is 5.41 Å². The van der Waals surface area contributed by atoms with Crippen LogP contribution in [0.15, 0.2) is 29.2 Å². The molecule has 0 unspecified atom stereocenters. The third kappa shape index (κ3) is 4.54. The molecule has 0 aromatic heterocycles. The van der Waals surface area contributed by atoms with Crippen LogP contribution in [0.5, 0.6) is 0 Å². The predicted octanol–water partition coefficient (Wildman–Crippen LogP) is 2.37. The Morgan fingerprint density at radius 1 is 1.10 bits per heavy atom. The zero-order chi connectivity index (χ0) is 16.5. The Labute approximate surface area is 126 Å². The highest BCUT2D eigenvalue weighted by Crippen LogP contribution is 2.23. The molecule has 0 aliphatic rings. The zero-order valence-electron chi connectivity index (χ0n) is 13.1. The fourth-order valence-corrected chi connectivity index (χ4v) is 2.78. The first-order valence-electron chi connectivity index (χ1n) is 6.70. The first-order valence-corrected chi connectivity index (χ1v) is 8.18. The summed E-state index contributed by atoms with van der Waals surface area (Å²) in [5, 5.41) is 9.00. The Morgan fingerprint density at radius 3 is 1.95 bits per heavy atom. The Balaban J connectivity index is 2.92. The van der Waals surface area contributed by atoms with Crippen molar-refractivity contribution in [2.75, 3.05) is 6.54 Å². The average Bonchev–Trinajstić information content (AvgIpc) is 2.36. The molecule has 0 atom stereocenters. The van der Waals surface area contributed by atoms with Crippen LogP contribution in [-0.4, -0.2) is 26.0 Å². The van der Waals surface area contributed by atoms with Gasteiger partial charge in [0, 0.05) is 6.54 Å². The Kier molecular flexibility index (Phi) is 4.85. The van der Waals surface area contributed by atoms with Crippen molar-refractivity contribution in [3.8, 4) is 0 Å². The monoisotopic (exact) mass is 313 g/mol. The minimum absolute atomic E-state index is 0.0545. The molecular formula is C15H23NO4S. The quantitative estimate of drug-likeness (QED) is 0.874. The number of benzene rings is 1. The van der Waals surface area contributed by atoms with Crippen molar-refractivity contribution in [3.63, 3.8) is 0 Å². The Morgan fingerprint density at radius 2 is 1.57 bits per heavy atom. The second-order valence-electron chi connectivity index (χ2n) is 6.79. The van der Waals surface area contributed by atoms with Crippen LogP contribution < -0.4 is 4.72 Å². The molecule has 2 N–H and O–H groups in total. The largest absolute Gasteiger partial charge is 0.481 e. The maximum absolute atomic E-state index is 12.2. The van der Waals surface area contributed by atoms with Gasteiger partial charge < -0.3 is 5.11 Å². The number of carboxylic acid groups (broad SMARTS) is 1. The first kappa shape index (κ1) is 17.7. The number of nitrogens with one attached hydrogen (secondary N) is 1. The standard InChI is InChI=1S/C15H23NO4S/c1-14(2,3)11-6-8-12(9-7-11)21(19,20)16-10-15(4,5)13(17)18/h6-9,16H,10H2,1-5H3,(H,17,18). The molecule has 0 radical (unpaired) electrons. The fourth-order valence-electron chi connectivity index (χ4n) is 1.57. The van der Waals surface area contributed by atoms with Gasteiger partial charge in [-0.15, -0.1) is 0 Å². The summed E-state index contributed by atoms with van der Waals surface area (Å²) in [4.78, 5) is 11.1. The van der Waals surface area contributed by atoms with Crippen molar-refractivity contribution in [1.29, 1.82) is 0 Å². The van der Waals surface area contributed by atoms with Crippen molar-refractivity contribution in [3.05, 3.63) is 29.8 Å². The molecule has 1 rings (SSSR count). The van der Waals surface area contributed by atoms with Gasteiger partial charge in [-0.05, 0) is 37.0 Å². The van der Waals surface area contributed by atoms with E-state index in [0.29, 0.717) is 0 Å². The third-order valence-electron chi connectivity index (χ3n) is 3.31. The lowest BCUT2D eigenvalue weighted by molar-refractivity contribution is -0.146. The van der Waals surface area contributed by atoms with Gasteiger partial charge in [-0.1, -0.05) is 32.9 Å². The van der Waals surface area contributed by atoms with Gasteiger partial charge in [0.25, 0.3) is 0 Å². The molecule has 0 aliphatic heterocycles. The van der Waals surface area contributed by atoms with Gasteiger partial charge in [-0.25, -0.2) is 13.1 Å². The number of sulfonamides is 1. The number of rotatable bonds is 5. The van der Waals surface area contributed by atoms with Crippen molar-refractivity contribution in [2.45, 2.75) is 44.9 Å². The average molecular weight is 313 g/mol. The number of carbonyl (C=O) groups is 1. The minimum atomic E-state index is -3.70. The van der Waals surface area contributed by atoms with E-state index < -0.39 is 21.4 Å². The van der Waals surface area contributed by atoms with Crippen molar-refractivity contribution in [1.82, 2.24) is 4.72 Å². The molecule has 0 spiro atoms. The normalized spacial score (nSPS) is 13.2. The number of hydrogen-bond donors (Lipinski definition) is 2. The van der Waals surface area contributed by atoms with Crippen LogP contribution in [0.4, 0.5) is 0 Å². The van der Waals surface area contributed by atoms with E-state index in [1.807, 2.05) is 20.8 Å². The second-order valence-corrected chi connectivity index (χ2v) is 8.55. The molecule has 1 aromatic carbocycles. The number of aliphatic carboxylic acids is 1. The predicted molar refractivity (Wildman–Crippen MR) is 81.7 cm³/mol. The lowest BCUT2D eigenvalue weighted by Gasteiger charge is -2.21. The first-order chi connectivity index (χ1) is 9.36. The third-order valence-corrected chi connectivity index (χ3v) is 4.73. The molecule has 21 heavy (non-hydrogen) atoms. The molecule has 118 valence electrons. The van der Waals surface area contributed by atoms with Gasteiger partial charge in [-0.2, -0.15) is 0 Å². The molecule has 0 fully saturated rings. The van der Waals surface area contributed by atoms with Crippen LogP contribution in [0.2, 0.25) is 0 Å². The highest BCUT2D eigenvalue weighted by Gasteiger charge is 2.29. The smallest absolute Gasteiger partial charge is 0.310 e. The fraction of sp³-hybridized carbons (Fsp3) is 0.533. The van der Waals surface area contributed by atoms with Gasteiger partial charge in [-0.3, -0.25) is 4.79 Å². The van der Waals surface area contributed by atoms with E-state index in [0.717, 1.165) is 5.56 Å². The van der Waals surface area contributed by atoms with Gasteiger partial charge in [0.05, 0.1) is 10.3 Å². The summed E-state index contributed by atoms with van der Waals surface area (Å²) in [5.74, 6) is -1.05. The minimum Gasteiger partial charge on any atom is -0.481 e. The lowest BCUT2D eigenvalue weighted by atomic mass is 9.87. The highest BCUT2D eigenvalue weighted by molar-refractivity contribution is 7.89. The van der Waals surface area contributed by atoms with E-state index in [-0.39, 0.29) is 16.9 Å². The summed E-state index contributed by atoms with van der Waals surface area (Å²) in [6.07, 6.45) is 0. The topological polar surface area (TPSA) is 83.5 Å². The molecule has 0 saturated carbocycles. The van der Waals surface area contributed by atoms with Gasteiger partial charge in [0.1, 0.15) is 0 Å². The van der Waals surface area contributed by atoms with Crippen LogP contribution in [0, 0.1) is 5.41 Å². The van der Waals surface area contributed by atoms with Gasteiger partial charge in [0.2, 0.25) is 10.0 Å². The number of carboxylic acids is 1. The van der Waals surface area contributed by atoms with Gasteiger partial charge in [0.15, 0.2) is 0 Å². The lowest BCUT2D eigenvalue weighted by Crippen LogP contribution is -2.38. The zero-order valence-corrected chi connectivity index (χ0v) is 13.9. The van der Waals surface area contributed by atoms with E-state index in [1.165, 1.54) is 26.0 Å². The number of hydrogen-bond acceptors (Lipinski definition) is 3. The maximum atomic E-state index is 12.2. The summed E-state index contributed by atoms with van der Waals surface area (Å²) in [6.45, 7) is 8.92. The van der Waals surface area contributed by atoms with Crippen LogP contribution in [0.3, 0.4) is 0 Å². The Hall–Kier alpha value is -1.40. The van der Waals surface area contributed by atoms with Crippen molar-refractivity contribution < 1.29 is 18.3 Å². The molecule has 6 heteroatoms. The van der Waals surface area contributed by atoms with E-state index in [2.05, 4.69) is 4.72 Å². The van der Waals surface area contributed by atoms with Crippen LogP contribution in [0.1, 0.15) is 40.2 Å². The molecule has 0 saturated heterocycles. The van der Waals surface area contributed by atoms with E-state index in [1.54, 1.807) is 12.1 Å². The summed E-state index contributed by atoms with van der Waals surface area (Å²) in [5.41, 5.74) is -0.174. The summed E-state index contributed by atoms with van der Waals surface area (Å²) < 4.78 is 26.7.